The van der Waals surface area contributed by atoms with E-state index in [0.29, 0.717) is 24.8 Å². The van der Waals surface area contributed by atoms with Crippen LogP contribution >= 0.6 is 0 Å². The summed E-state index contributed by atoms with van der Waals surface area (Å²) in [5.74, 6) is 0.875. The Morgan fingerprint density at radius 1 is 1.11 bits per heavy atom. The number of benzene rings is 1. The van der Waals surface area contributed by atoms with Gasteiger partial charge < -0.3 is 19.7 Å². The van der Waals surface area contributed by atoms with Crippen LogP contribution in [-0.4, -0.2) is 47.4 Å². The summed E-state index contributed by atoms with van der Waals surface area (Å²) in [6, 6.07) is 11.3. The number of nitrogens with zero attached hydrogens (tertiary/aromatic N) is 3. The van der Waals surface area contributed by atoms with Gasteiger partial charge in [-0.3, -0.25) is 0 Å². The van der Waals surface area contributed by atoms with Crippen LogP contribution < -0.4 is 14.8 Å². The maximum Gasteiger partial charge on any atom is 0.321 e. The standard InChI is InChI=1S/C21H28N4O3/c1-21(2,3)15-7-9-16(10-8-15)22-20(26)25-13-5-6-17(14-25)28-19-12-11-18(27-4)23-24-19/h7-12,17H,5-6,13-14H2,1-4H3,(H,22,26). The summed E-state index contributed by atoms with van der Waals surface area (Å²) >= 11 is 0. The Morgan fingerprint density at radius 3 is 2.39 bits per heavy atom. The summed E-state index contributed by atoms with van der Waals surface area (Å²) < 4.78 is 10.9. The molecule has 150 valence electrons. The van der Waals surface area contributed by atoms with Crippen LogP contribution in [0, 0.1) is 0 Å². The van der Waals surface area contributed by atoms with Gasteiger partial charge in [0.25, 0.3) is 0 Å². The van der Waals surface area contributed by atoms with Crippen LogP contribution in [0.1, 0.15) is 39.2 Å². The quantitative estimate of drug-likeness (QED) is 0.866. The zero-order valence-corrected chi connectivity index (χ0v) is 16.9. The molecule has 1 aromatic heterocycles. The first-order valence-electron chi connectivity index (χ1n) is 9.56. The molecular formula is C21H28N4O3. The van der Waals surface area contributed by atoms with Crippen LogP contribution in [0.15, 0.2) is 36.4 Å². The van der Waals surface area contributed by atoms with Crippen molar-refractivity contribution in [3.63, 3.8) is 0 Å². The summed E-state index contributed by atoms with van der Waals surface area (Å²) in [7, 11) is 1.54. The van der Waals surface area contributed by atoms with Gasteiger partial charge in [-0.25, -0.2) is 4.79 Å². The van der Waals surface area contributed by atoms with Crippen LogP contribution in [0.5, 0.6) is 11.8 Å². The van der Waals surface area contributed by atoms with Crippen LogP contribution in [0.4, 0.5) is 10.5 Å². The lowest BCUT2D eigenvalue weighted by atomic mass is 9.87. The third kappa shape index (κ3) is 5.12. The summed E-state index contributed by atoms with van der Waals surface area (Å²) in [6.45, 7) is 7.73. The van der Waals surface area contributed by atoms with Gasteiger partial charge in [-0.2, -0.15) is 0 Å². The van der Waals surface area contributed by atoms with Gasteiger partial charge in [-0.05, 0) is 36.0 Å². The lowest BCUT2D eigenvalue weighted by molar-refractivity contribution is 0.101. The molecule has 1 aliphatic rings. The minimum absolute atomic E-state index is 0.0876. The number of urea groups is 1. The second-order valence-corrected chi connectivity index (χ2v) is 8.00. The van der Waals surface area contributed by atoms with Crippen molar-refractivity contribution in [2.75, 3.05) is 25.5 Å². The van der Waals surface area contributed by atoms with Crippen molar-refractivity contribution in [1.82, 2.24) is 15.1 Å². The van der Waals surface area contributed by atoms with Crippen LogP contribution in [0.2, 0.25) is 0 Å². The van der Waals surface area contributed by atoms with Crippen LogP contribution in [-0.2, 0) is 5.41 Å². The molecule has 1 atom stereocenters. The molecule has 0 bridgehead atoms. The molecule has 0 radical (unpaired) electrons. The smallest absolute Gasteiger partial charge is 0.321 e. The van der Waals surface area contributed by atoms with E-state index >= 15 is 0 Å². The molecule has 1 fully saturated rings. The Balaban J connectivity index is 1.56. The Kier molecular flexibility index (Phi) is 6.02. The number of amides is 2. The number of carbonyl (C=O) groups excluding carboxylic acids is 1. The van der Waals surface area contributed by atoms with Gasteiger partial charge in [-0.15, -0.1) is 10.2 Å². The second-order valence-electron chi connectivity index (χ2n) is 8.00. The maximum absolute atomic E-state index is 12.6. The largest absolute Gasteiger partial charge is 0.480 e. The fourth-order valence-corrected chi connectivity index (χ4v) is 3.13. The first-order chi connectivity index (χ1) is 13.3. The van der Waals surface area contributed by atoms with E-state index in [0.717, 1.165) is 18.5 Å². The van der Waals surface area contributed by atoms with Gasteiger partial charge in [0.2, 0.25) is 11.8 Å². The van der Waals surface area contributed by atoms with Gasteiger partial charge in [0.05, 0.1) is 13.7 Å². The normalized spacial score (nSPS) is 17.1. The number of rotatable bonds is 4. The minimum atomic E-state index is -0.113. The molecule has 2 aromatic rings. The van der Waals surface area contributed by atoms with Gasteiger partial charge in [0.15, 0.2) is 0 Å². The molecule has 0 aliphatic carbocycles. The van der Waals surface area contributed by atoms with Gasteiger partial charge in [0.1, 0.15) is 6.10 Å². The number of hydrogen-bond donors (Lipinski definition) is 1. The SMILES string of the molecule is COc1ccc(OC2CCCN(C(=O)Nc3ccc(C(C)(C)C)cc3)C2)nn1. The predicted octanol–water partition coefficient (Wildman–Crippen LogP) is 3.86. The molecule has 1 unspecified atom stereocenters. The average molecular weight is 384 g/mol. The van der Waals surface area contributed by atoms with E-state index < -0.39 is 0 Å². The first kappa shape index (κ1) is 19.9. The number of methoxy groups -OCH3 is 1. The summed E-state index contributed by atoms with van der Waals surface area (Å²) in [6.07, 6.45) is 1.65. The molecule has 7 heteroatoms. The number of anilines is 1. The first-order valence-corrected chi connectivity index (χ1v) is 9.56. The summed E-state index contributed by atoms with van der Waals surface area (Å²) in [4.78, 5) is 14.4. The molecule has 28 heavy (non-hydrogen) atoms. The zero-order chi connectivity index (χ0) is 20.1. The monoisotopic (exact) mass is 384 g/mol. The predicted molar refractivity (Wildman–Crippen MR) is 108 cm³/mol. The van der Waals surface area contributed by atoms with E-state index in [1.807, 2.05) is 12.1 Å². The molecule has 2 amide bonds. The van der Waals surface area contributed by atoms with Gasteiger partial charge >= 0.3 is 6.03 Å². The third-order valence-corrected chi connectivity index (χ3v) is 4.78. The van der Waals surface area contributed by atoms with Crippen molar-refractivity contribution >= 4 is 11.7 Å². The Labute approximate surface area is 166 Å². The average Bonchev–Trinajstić information content (AvgIpc) is 2.68. The van der Waals surface area contributed by atoms with E-state index in [1.54, 1.807) is 24.1 Å². The van der Waals surface area contributed by atoms with E-state index in [1.165, 1.54) is 5.56 Å². The molecule has 2 heterocycles. The molecule has 0 spiro atoms. The van der Waals surface area contributed by atoms with Gasteiger partial charge in [0, 0.05) is 24.4 Å². The lowest BCUT2D eigenvalue weighted by Gasteiger charge is -2.32. The number of nitrogens with one attached hydrogen (secondary N) is 1. The van der Waals surface area contributed by atoms with Crippen LogP contribution in [0.3, 0.4) is 0 Å². The topological polar surface area (TPSA) is 76.6 Å². The molecule has 1 aromatic carbocycles. The highest BCUT2D eigenvalue weighted by Gasteiger charge is 2.25. The van der Waals surface area contributed by atoms with Crippen molar-refractivity contribution < 1.29 is 14.3 Å². The van der Waals surface area contributed by atoms with Gasteiger partial charge in [-0.1, -0.05) is 32.9 Å². The van der Waals surface area contributed by atoms with E-state index in [9.17, 15) is 4.79 Å². The Hall–Kier alpha value is -2.83. The van der Waals surface area contributed by atoms with Crippen LogP contribution in [0.25, 0.3) is 0 Å². The molecule has 1 N–H and O–H groups in total. The molecule has 0 saturated carbocycles. The van der Waals surface area contributed by atoms with Crippen molar-refractivity contribution in [1.29, 1.82) is 0 Å². The van der Waals surface area contributed by atoms with Crippen molar-refractivity contribution in [2.45, 2.75) is 45.1 Å². The fourth-order valence-electron chi connectivity index (χ4n) is 3.13. The van der Waals surface area contributed by atoms with E-state index in [-0.39, 0.29) is 17.6 Å². The second kappa shape index (κ2) is 8.46. The summed E-state index contributed by atoms with van der Waals surface area (Å²) in [5.41, 5.74) is 2.12. The lowest BCUT2D eigenvalue weighted by Crippen LogP contribution is -2.46. The number of ether oxygens (including phenoxy) is 2. The molecule has 1 aliphatic heterocycles. The van der Waals surface area contributed by atoms with E-state index in [4.69, 9.17) is 9.47 Å². The fraction of sp³-hybridized carbons (Fsp3) is 0.476. The Bertz CT molecular complexity index is 785. The maximum atomic E-state index is 12.6. The number of hydrogen-bond acceptors (Lipinski definition) is 5. The van der Waals surface area contributed by atoms with Crippen molar-refractivity contribution in [3.8, 4) is 11.8 Å². The highest BCUT2D eigenvalue weighted by Crippen LogP contribution is 2.24. The minimum Gasteiger partial charge on any atom is -0.480 e. The molecular weight excluding hydrogens is 356 g/mol. The van der Waals surface area contributed by atoms with Crippen molar-refractivity contribution in [3.05, 3.63) is 42.0 Å². The molecule has 7 nitrogen and oxygen atoms in total. The highest BCUT2D eigenvalue weighted by atomic mass is 16.5. The number of carbonyl (C=O) groups is 1. The Morgan fingerprint density at radius 2 is 1.79 bits per heavy atom. The van der Waals surface area contributed by atoms with Crippen molar-refractivity contribution in [2.24, 2.45) is 0 Å². The number of likely N-dealkylation sites (tertiary alicyclic amines) is 1. The third-order valence-electron chi connectivity index (χ3n) is 4.78. The van der Waals surface area contributed by atoms with E-state index in [2.05, 4.69) is 48.4 Å². The summed E-state index contributed by atoms with van der Waals surface area (Å²) in [5, 5.41) is 10.9. The molecule has 3 rings (SSSR count). The zero-order valence-electron chi connectivity index (χ0n) is 16.9. The number of piperidine rings is 1. The molecule has 1 saturated heterocycles. The highest BCUT2D eigenvalue weighted by molar-refractivity contribution is 5.89. The number of aromatic nitrogens is 2.